The van der Waals surface area contributed by atoms with Gasteiger partial charge in [0.25, 0.3) is 11.8 Å². The maximum absolute atomic E-state index is 13.8. The van der Waals surface area contributed by atoms with E-state index in [0.29, 0.717) is 17.5 Å². The van der Waals surface area contributed by atoms with Crippen LogP contribution in [0.5, 0.6) is 0 Å². The molecule has 0 bridgehead atoms. The Bertz CT molecular complexity index is 1480. The van der Waals surface area contributed by atoms with E-state index in [-0.39, 0.29) is 19.8 Å². The molecule has 0 saturated heterocycles. The fourth-order valence-electron chi connectivity index (χ4n) is 5.74. The highest BCUT2D eigenvalue weighted by molar-refractivity contribution is 5.90. The molecule has 0 fully saturated rings. The minimum Gasteiger partial charge on any atom is -0.390 e. The van der Waals surface area contributed by atoms with Crippen molar-refractivity contribution >= 4 is 17.7 Å². The Morgan fingerprint density at radius 1 is 0.792 bits per heavy atom. The zero-order valence-electron chi connectivity index (χ0n) is 27.3. The van der Waals surface area contributed by atoms with Crippen LogP contribution in [0.2, 0.25) is 0 Å². The SMILES string of the molecule is CNC(=O)[C@@H](NC(=O)[C@H](OCc1ccccc1)[C@H](O)[C@@H](O)[C@@H](OCc1ccccc1)C(=O)N[C@H]1c2ccccc2C[C@H]1O)[C@@H](C)COC. The number of nitrogens with one attached hydrogen (secondary N) is 3. The van der Waals surface area contributed by atoms with Crippen molar-refractivity contribution < 1.29 is 43.9 Å². The number of hydrogen-bond donors (Lipinski definition) is 6. The van der Waals surface area contributed by atoms with Gasteiger partial charge in [-0.15, -0.1) is 0 Å². The second-order valence-corrected chi connectivity index (χ2v) is 11.9. The third kappa shape index (κ3) is 9.47. The van der Waals surface area contributed by atoms with Gasteiger partial charge in [0.05, 0.1) is 32.0 Å². The Morgan fingerprint density at radius 2 is 1.31 bits per heavy atom. The third-order valence-electron chi connectivity index (χ3n) is 8.36. The van der Waals surface area contributed by atoms with Gasteiger partial charge in [-0.1, -0.05) is 91.9 Å². The molecule has 0 aromatic heterocycles. The van der Waals surface area contributed by atoms with Crippen LogP contribution >= 0.6 is 0 Å². The zero-order chi connectivity index (χ0) is 34.6. The van der Waals surface area contributed by atoms with Crippen LogP contribution in [0.4, 0.5) is 0 Å². The van der Waals surface area contributed by atoms with E-state index < -0.39 is 66.2 Å². The summed E-state index contributed by atoms with van der Waals surface area (Å²) >= 11 is 0. The zero-order valence-corrected chi connectivity index (χ0v) is 27.3. The Kier molecular flexibility index (Phi) is 13.6. The fourth-order valence-corrected chi connectivity index (χ4v) is 5.74. The molecule has 48 heavy (non-hydrogen) atoms. The lowest BCUT2D eigenvalue weighted by Crippen LogP contribution is -2.59. The van der Waals surface area contributed by atoms with Gasteiger partial charge >= 0.3 is 0 Å². The van der Waals surface area contributed by atoms with Crippen LogP contribution in [0.25, 0.3) is 0 Å². The maximum Gasteiger partial charge on any atom is 0.252 e. The molecule has 0 aliphatic heterocycles. The van der Waals surface area contributed by atoms with E-state index >= 15 is 0 Å². The van der Waals surface area contributed by atoms with Crippen LogP contribution in [0.1, 0.15) is 35.2 Å². The maximum atomic E-state index is 13.8. The summed E-state index contributed by atoms with van der Waals surface area (Å²) in [6, 6.07) is 23.3. The first-order valence-corrected chi connectivity index (χ1v) is 15.9. The van der Waals surface area contributed by atoms with E-state index in [0.717, 1.165) is 11.1 Å². The summed E-state index contributed by atoms with van der Waals surface area (Å²) in [4.78, 5) is 40.4. The predicted octanol–water partition coefficient (Wildman–Crippen LogP) is 1.17. The number of ether oxygens (including phenoxy) is 3. The van der Waals surface area contributed by atoms with Gasteiger partial charge in [-0.3, -0.25) is 14.4 Å². The molecule has 0 radical (unpaired) electrons. The molecule has 0 unspecified atom stereocenters. The average Bonchev–Trinajstić information content (AvgIpc) is 3.41. The van der Waals surface area contributed by atoms with Gasteiger partial charge in [-0.25, -0.2) is 0 Å². The Morgan fingerprint density at radius 3 is 1.85 bits per heavy atom. The number of carbonyl (C=O) groups excluding carboxylic acids is 3. The van der Waals surface area contributed by atoms with Gasteiger partial charge in [0.15, 0.2) is 12.2 Å². The van der Waals surface area contributed by atoms with Gasteiger partial charge in [0.2, 0.25) is 5.91 Å². The number of benzene rings is 3. The topological polar surface area (TPSA) is 176 Å². The molecule has 12 heteroatoms. The number of amides is 3. The largest absolute Gasteiger partial charge is 0.390 e. The normalized spacial score (nSPS) is 19.2. The van der Waals surface area contributed by atoms with Crippen molar-refractivity contribution in [3.8, 4) is 0 Å². The summed E-state index contributed by atoms with van der Waals surface area (Å²) in [5, 5.41) is 41.9. The standard InChI is InChI=1S/C36H45N3O9/c1-22(19-46-3)28(34(43)37-2)38-35(44)32(47-20-23-12-6-4-7-13-23)30(41)31(42)33(48-21-24-14-8-5-9-15-24)36(45)39-29-26-17-11-10-16-25(26)18-27(29)40/h4-17,22,27-33,40-42H,18-21H2,1-3H3,(H,37,43)(H,38,44)(H,39,45)/t22-,27+,28-,29-,30+,31+,32+,33+/m0/s1. The van der Waals surface area contributed by atoms with Crippen LogP contribution in [0.15, 0.2) is 84.9 Å². The molecule has 0 spiro atoms. The minimum atomic E-state index is -2.00. The summed E-state index contributed by atoms with van der Waals surface area (Å²) in [7, 11) is 2.89. The number of hydrogen-bond acceptors (Lipinski definition) is 9. The molecule has 4 rings (SSSR count). The number of aliphatic hydroxyl groups is 3. The van der Waals surface area contributed by atoms with Crippen LogP contribution in [0.3, 0.4) is 0 Å². The number of rotatable bonds is 17. The van der Waals surface area contributed by atoms with Crippen LogP contribution in [-0.2, 0) is 48.2 Å². The molecule has 0 heterocycles. The molecule has 12 nitrogen and oxygen atoms in total. The predicted molar refractivity (Wildman–Crippen MR) is 176 cm³/mol. The summed E-state index contributed by atoms with van der Waals surface area (Å²) in [5.74, 6) is -2.67. The van der Waals surface area contributed by atoms with E-state index in [1.165, 1.54) is 14.2 Å². The molecule has 3 aromatic carbocycles. The second kappa shape index (κ2) is 17.8. The van der Waals surface area contributed by atoms with Gasteiger partial charge in [-0.2, -0.15) is 0 Å². The molecule has 258 valence electrons. The number of likely N-dealkylation sites (N-methyl/N-ethyl adjacent to an activating group) is 1. The lowest BCUT2D eigenvalue weighted by molar-refractivity contribution is -0.171. The van der Waals surface area contributed by atoms with Crippen LogP contribution < -0.4 is 16.0 Å². The number of fused-ring (bicyclic) bond motifs is 1. The van der Waals surface area contributed by atoms with E-state index in [9.17, 15) is 29.7 Å². The van der Waals surface area contributed by atoms with E-state index in [1.807, 2.05) is 24.3 Å². The van der Waals surface area contributed by atoms with Crippen molar-refractivity contribution in [2.45, 2.75) is 69.2 Å². The lowest BCUT2D eigenvalue weighted by atomic mass is 9.98. The quantitative estimate of drug-likeness (QED) is 0.124. The summed E-state index contributed by atoms with van der Waals surface area (Å²) in [6.07, 6.45) is -8.01. The lowest BCUT2D eigenvalue weighted by Gasteiger charge is -2.33. The Balaban J connectivity index is 1.61. The van der Waals surface area contributed by atoms with E-state index in [2.05, 4.69) is 16.0 Å². The molecule has 0 saturated carbocycles. The molecular weight excluding hydrogens is 618 g/mol. The molecule has 3 aromatic rings. The molecule has 1 aliphatic rings. The molecular formula is C36H45N3O9. The van der Waals surface area contributed by atoms with Crippen molar-refractivity contribution in [2.24, 2.45) is 5.92 Å². The third-order valence-corrected chi connectivity index (χ3v) is 8.36. The van der Waals surface area contributed by atoms with Crippen LogP contribution in [0, 0.1) is 5.92 Å². The highest BCUT2D eigenvalue weighted by atomic mass is 16.5. The van der Waals surface area contributed by atoms with Crippen molar-refractivity contribution in [3.63, 3.8) is 0 Å². The molecule has 6 N–H and O–H groups in total. The summed E-state index contributed by atoms with van der Waals surface area (Å²) in [6.45, 7) is 1.61. The smallest absolute Gasteiger partial charge is 0.252 e. The second-order valence-electron chi connectivity index (χ2n) is 11.9. The first-order valence-electron chi connectivity index (χ1n) is 15.9. The molecule has 1 aliphatic carbocycles. The van der Waals surface area contributed by atoms with Crippen LogP contribution in [-0.4, -0.2) is 90.4 Å². The van der Waals surface area contributed by atoms with E-state index in [1.54, 1.807) is 67.6 Å². The summed E-state index contributed by atoms with van der Waals surface area (Å²) < 4.78 is 17.0. The minimum absolute atomic E-state index is 0.110. The van der Waals surface area contributed by atoms with Crippen molar-refractivity contribution in [1.29, 1.82) is 0 Å². The summed E-state index contributed by atoms with van der Waals surface area (Å²) in [5.41, 5.74) is 2.97. The van der Waals surface area contributed by atoms with Crippen molar-refractivity contribution in [3.05, 3.63) is 107 Å². The number of methoxy groups -OCH3 is 1. The van der Waals surface area contributed by atoms with Gasteiger partial charge in [-0.05, 0) is 22.3 Å². The van der Waals surface area contributed by atoms with Gasteiger partial charge < -0.3 is 45.5 Å². The Hall–Kier alpha value is -4.17. The van der Waals surface area contributed by atoms with Gasteiger partial charge in [0.1, 0.15) is 18.2 Å². The number of aliphatic hydroxyl groups excluding tert-OH is 3. The average molecular weight is 664 g/mol. The fraction of sp³-hybridized carbons (Fsp3) is 0.417. The van der Waals surface area contributed by atoms with Crippen molar-refractivity contribution in [1.82, 2.24) is 16.0 Å². The van der Waals surface area contributed by atoms with Gasteiger partial charge in [0, 0.05) is 26.5 Å². The molecule has 3 amide bonds. The monoisotopic (exact) mass is 663 g/mol. The first kappa shape index (κ1) is 36.7. The Labute approximate surface area is 280 Å². The van der Waals surface area contributed by atoms with Crippen molar-refractivity contribution in [2.75, 3.05) is 20.8 Å². The van der Waals surface area contributed by atoms with E-state index in [4.69, 9.17) is 14.2 Å². The molecule has 8 atom stereocenters. The first-order chi connectivity index (χ1) is 23.1. The highest BCUT2D eigenvalue weighted by Crippen LogP contribution is 2.31. The number of carbonyl (C=O) groups is 3. The highest BCUT2D eigenvalue weighted by Gasteiger charge is 2.43.